The first-order valence-corrected chi connectivity index (χ1v) is 7.21. The van der Waals surface area contributed by atoms with E-state index in [1.165, 1.54) is 18.3 Å². The highest BCUT2D eigenvalue weighted by Crippen LogP contribution is 2.17. The number of aliphatic carboxylic acids is 1. The summed E-state index contributed by atoms with van der Waals surface area (Å²) in [6, 6.07) is 2.78. The van der Waals surface area contributed by atoms with Crippen molar-refractivity contribution in [3.05, 3.63) is 34.2 Å². The van der Waals surface area contributed by atoms with Gasteiger partial charge in [-0.25, -0.2) is 0 Å². The van der Waals surface area contributed by atoms with Crippen LogP contribution in [0, 0.1) is 5.92 Å². The van der Waals surface area contributed by atoms with Crippen LogP contribution in [0.15, 0.2) is 23.1 Å². The van der Waals surface area contributed by atoms with Gasteiger partial charge in [0.05, 0.1) is 5.56 Å². The van der Waals surface area contributed by atoms with Gasteiger partial charge in [0.15, 0.2) is 0 Å². The number of nitrogens with one attached hydrogen (secondary N) is 2. The summed E-state index contributed by atoms with van der Waals surface area (Å²) in [6.07, 6.45) is 4.90. The molecule has 21 heavy (non-hydrogen) atoms. The van der Waals surface area contributed by atoms with Crippen LogP contribution in [0.1, 0.15) is 49.4 Å². The van der Waals surface area contributed by atoms with Gasteiger partial charge in [-0.2, -0.15) is 0 Å². The Kier molecular flexibility index (Phi) is 7.21. The summed E-state index contributed by atoms with van der Waals surface area (Å²) in [6.45, 7) is 2.56. The summed E-state index contributed by atoms with van der Waals surface area (Å²) in [5.41, 5.74) is 0.162. The quantitative estimate of drug-likeness (QED) is 0.646. The van der Waals surface area contributed by atoms with Crippen molar-refractivity contribution in [3.8, 4) is 0 Å². The van der Waals surface area contributed by atoms with Crippen LogP contribution in [0.4, 0.5) is 0 Å². The van der Waals surface area contributed by atoms with E-state index in [4.69, 9.17) is 5.11 Å². The van der Waals surface area contributed by atoms with E-state index in [9.17, 15) is 14.4 Å². The van der Waals surface area contributed by atoms with E-state index < -0.39 is 5.97 Å². The van der Waals surface area contributed by atoms with E-state index in [1.54, 1.807) is 0 Å². The SMILES string of the molecule is CCCC(CCNC(=O)c1ccc(=O)[nH]c1)CCC(=O)O. The molecule has 0 saturated carbocycles. The molecule has 0 radical (unpaired) electrons. The number of amides is 1. The van der Waals surface area contributed by atoms with Gasteiger partial charge in [-0.3, -0.25) is 14.4 Å². The number of carbonyl (C=O) groups excluding carboxylic acids is 1. The first kappa shape index (κ1) is 16.9. The minimum atomic E-state index is -0.784. The maximum absolute atomic E-state index is 11.8. The molecule has 1 rings (SSSR count). The van der Waals surface area contributed by atoms with E-state index in [0.29, 0.717) is 24.4 Å². The lowest BCUT2D eigenvalue weighted by Gasteiger charge is -2.15. The molecule has 0 spiro atoms. The van der Waals surface area contributed by atoms with Gasteiger partial charge in [0.1, 0.15) is 0 Å². The molecule has 1 atom stereocenters. The molecular formula is C15H22N2O4. The van der Waals surface area contributed by atoms with E-state index in [1.807, 2.05) is 0 Å². The fourth-order valence-electron chi connectivity index (χ4n) is 2.21. The fraction of sp³-hybridized carbons (Fsp3) is 0.533. The minimum absolute atomic E-state index is 0.165. The topological polar surface area (TPSA) is 99.3 Å². The first-order chi connectivity index (χ1) is 10.0. The van der Waals surface area contributed by atoms with Crippen LogP contribution in [0.2, 0.25) is 0 Å². The van der Waals surface area contributed by atoms with Crippen molar-refractivity contribution in [1.82, 2.24) is 10.3 Å². The number of carbonyl (C=O) groups is 2. The normalized spacial score (nSPS) is 11.9. The molecule has 0 bridgehead atoms. The molecule has 1 unspecified atom stereocenters. The summed E-state index contributed by atoms with van der Waals surface area (Å²) in [5.74, 6) is -0.713. The molecule has 1 aromatic rings. The number of H-pyrrole nitrogens is 1. The monoisotopic (exact) mass is 294 g/mol. The first-order valence-electron chi connectivity index (χ1n) is 7.21. The largest absolute Gasteiger partial charge is 0.481 e. The van der Waals surface area contributed by atoms with Crippen LogP contribution < -0.4 is 10.9 Å². The Morgan fingerprint density at radius 2 is 2.05 bits per heavy atom. The molecule has 0 aromatic carbocycles. The zero-order valence-electron chi connectivity index (χ0n) is 12.2. The van der Waals surface area contributed by atoms with Gasteiger partial charge in [0.2, 0.25) is 5.56 Å². The van der Waals surface area contributed by atoms with Crippen LogP contribution in [-0.2, 0) is 4.79 Å². The lowest BCUT2D eigenvalue weighted by molar-refractivity contribution is -0.137. The number of aromatic nitrogens is 1. The second-order valence-corrected chi connectivity index (χ2v) is 5.07. The Morgan fingerprint density at radius 3 is 2.62 bits per heavy atom. The van der Waals surface area contributed by atoms with Gasteiger partial charge in [-0.1, -0.05) is 19.8 Å². The minimum Gasteiger partial charge on any atom is -0.481 e. The lowest BCUT2D eigenvalue weighted by Crippen LogP contribution is -2.26. The smallest absolute Gasteiger partial charge is 0.303 e. The molecule has 6 nitrogen and oxygen atoms in total. The van der Waals surface area contributed by atoms with Gasteiger partial charge >= 0.3 is 5.97 Å². The summed E-state index contributed by atoms with van der Waals surface area (Å²) >= 11 is 0. The van der Waals surface area contributed by atoms with Crippen LogP contribution in [0.25, 0.3) is 0 Å². The molecule has 3 N–H and O–H groups in total. The van der Waals surface area contributed by atoms with Crippen molar-refractivity contribution in [2.45, 2.75) is 39.0 Å². The molecule has 6 heteroatoms. The second kappa shape index (κ2) is 8.94. The Bertz CT molecular complexity index is 504. The maximum atomic E-state index is 11.8. The van der Waals surface area contributed by atoms with Gasteiger partial charge in [0, 0.05) is 25.2 Å². The number of pyridine rings is 1. The molecule has 1 heterocycles. The van der Waals surface area contributed by atoms with Crippen molar-refractivity contribution < 1.29 is 14.7 Å². The van der Waals surface area contributed by atoms with E-state index in [-0.39, 0.29) is 17.9 Å². The summed E-state index contributed by atoms with van der Waals surface area (Å²) in [7, 11) is 0. The Hall–Kier alpha value is -2.11. The van der Waals surface area contributed by atoms with Crippen LogP contribution in [0.3, 0.4) is 0 Å². The highest BCUT2D eigenvalue weighted by atomic mass is 16.4. The van der Waals surface area contributed by atoms with E-state index in [0.717, 1.165) is 19.3 Å². The lowest BCUT2D eigenvalue weighted by atomic mass is 9.94. The molecule has 1 aromatic heterocycles. The van der Waals surface area contributed by atoms with Crippen LogP contribution >= 0.6 is 0 Å². The van der Waals surface area contributed by atoms with Crippen molar-refractivity contribution in [3.63, 3.8) is 0 Å². The number of carboxylic acids is 1. The van der Waals surface area contributed by atoms with Crippen molar-refractivity contribution in [1.29, 1.82) is 0 Å². The number of rotatable bonds is 9. The standard InChI is InChI=1S/C15H22N2O4/c1-2-3-11(4-7-14(19)20)8-9-16-15(21)12-5-6-13(18)17-10-12/h5-6,10-11H,2-4,7-9H2,1H3,(H,16,21)(H,17,18)(H,19,20). The van der Waals surface area contributed by atoms with Crippen LogP contribution in [-0.4, -0.2) is 28.5 Å². The Morgan fingerprint density at radius 1 is 1.29 bits per heavy atom. The third-order valence-corrected chi connectivity index (χ3v) is 3.35. The highest BCUT2D eigenvalue weighted by molar-refractivity contribution is 5.93. The zero-order valence-corrected chi connectivity index (χ0v) is 12.2. The molecular weight excluding hydrogens is 272 g/mol. The molecule has 0 fully saturated rings. The van der Waals surface area contributed by atoms with Crippen molar-refractivity contribution in [2.75, 3.05) is 6.54 Å². The summed E-state index contributed by atoms with van der Waals surface area (Å²) < 4.78 is 0. The summed E-state index contributed by atoms with van der Waals surface area (Å²) in [4.78, 5) is 35.8. The molecule has 0 aliphatic heterocycles. The Balaban J connectivity index is 2.38. The van der Waals surface area contributed by atoms with Gasteiger partial charge < -0.3 is 15.4 Å². The molecule has 0 aliphatic carbocycles. The highest BCUT2D eigenvalue weighted by Gasteiger charge is 2.11. The summed E-state index contributed by atoms with van der Waals surface area (Å²) in [5, 5.41) is 11.5. The zero-order chi connectivity index (χ0) is 15.7. The average molecular weight is 294 g/mol. The molecule has 0 aliphatic rings. The van der Waals surface area contributed by atoms with Gasteiger partial charge in [-0.05, 0) is 24.8 Å². The third kappa shape index (κ3) is 6.74. The number of aromatic amines is 1. The molecule has 1 amide bonds. The van der Waals surface area contributed by atoms with E-state index >= 15 is 0 Å². The van der Waals surface area contributed by atoms with E-state index in [2.05, 4.69) is 17.2 Å². The fourth-order valence-corrected chi connectivity index (χ4v) is 2.21. The van der Waals surface area contributed by atoms with Gasteiger partial charge in [0.25, 0.3) is 5.91 Å². The predicted molar refractivity (Wildman–Crippen MR) is 79.3 cm³/mol. The Labute approximate surface area is 123 Å². The second-order valence-electron chi connectivity index (χ2n) is 5.07. The van der Waals surface area contributed by atoms with Gasteiger partial charge in [-0.15, -0.1) is 0 Å². The predicted octanol–water partition coefficient (Wildman–Crippen LogP) is 1.78. The molecule has 116 valence electrons. The average Bonchev–Trinajstić information content (AvgIpc) is 2.45. The maximum Gasteiger partial charge on any atom is 0.303 e. The van der Waals surface area contributed by atoms with Crippen molar-refractivity contribution >= 4 is 11.9 Å². The molecule has 0 saturated heterocycles. The van der Waals surface area contributed by atoms with Crippen molar-refractivity contribution in [2.24, 2.45) is 5.92 Å². The number of carboxylic acid groups (broad SMARTS) is 1. The number of hydrogen-bond acceptors (Lipinski definition) is 3. The number of hydrogen-bond donors (Lipinski definition) is 3. The van der Waals surface area contributed by atoms with Crippen LogP contribution in [0.5, 0.6) is 0 Å². The third-order valence-electron chi connectivity index (χ3n) is 3.35.